The van der Waals surface area contributed by atoms with Gasteiger partial charge < -0.3 is 9.05 Å². The van der Waals surface area contributed by atoms with Crippen molar-refractivity contribution in [2.75, 3.05) is 0 Å². The zero-order chi connectivity index (χ0) is 13.8. The maximum atomic E-state index is 12.9. The second-order valence-corrected chi connectivity index (χ2v) is 6.03. The number of halogens is 2. The van der Waals surface area contributed by atoms with Gasteiger partial charge in [-0.2, -0.15) is 4.98 Å². The zero-order valence-corrected chi connectivity index (χ0v) is 10.7. The molecule has 0 atom stereocenters. The number of hydrogen-bond donors (Lipinski definition) is 0. The highest BCUT2D eigenvalue weighted by molar-refractivity contribution is 5.14. The molecule has 0 aliphatic heterocycles. The Labute approximate surface area is 113 Å². The minimum Gasteiger partial charge on any atom is -0.364 e. The summed E-state index contributed by atoms with van der Waals surface area (Å²) in [6.45, 7) is 0. The van der Waals surface area contributed by atoms with Crippen molar-refractivity contribution in [2.45, 2.75) is 43.9 Å². The van der Waals surface area contributed by atoms with Gasteiger partial charge in [0.25, 0.3) is 0 Å². The molecule has 1 spiro atoms. The lowest BCUT2D eigenvalue weighted by Gasteiger charge is -2.56. The van der Waals surface area contributed by atoms with Gasteiger partial charge >= 0.3 is 0 Å². The summed E-state index contributed by atoms with van der Waals surface area (Å²) in [4.78, 5) is 4.32. The van der Waals surface area contributed by atoms with Gasteiger partial charge in [-0.3, -0.25) is 0 Å². The second-order valence-electron chi connectivity index (χ2n) is 6.03. The van der Waals surface area contributed by atoms with Crippen molar-refractivity contribution >= 4 is 0 Å². The maximum Gasteiger partial charge on any atom is 0.249 e. The van der Waals surface area contributed by atoms with Gasteiger partial charge in [0.1, 0.15) is 6.26 Å². The van der Waals surface area contributed by atoms with E-state index in [1.807, 2.05) is 0 Å². The third-order valence-electron chi connectivity index (χ3n) is 4.29. The van der Waals surface area contributed by atoms with Gasteiger partial charge in [-0.05, 0) is 18.3 Å². The molecule has 0 aromatic carbocycles. The molecule has 2 aliphatic carbocycles. The molecule has 5 nitrogen and oxygen atoms in total. The summed E-state index contributed by atoms with van der Waals surface area (Å²) in [5.41, 5.74) is 0.565. The van der Waals surface area contributed by atoms with Crippen LogP contribution in [0.5, 0.6) is 0 Å². The van der Waals surface area contributed by atoms with Crippen LogP contribution >= 0.6 is 0 Å². The van der Waals surface area contributed by atoms with E-state index >= 15 is 0 Å². The third-order valence-corrected chi connectivity index (χ3v) is 4.29. The van der Waals surface area contributed by atoms with Gasteiger partial charge in [0.2, 0.25) is 11.8 Å². The van der Waals surface area contributed by atoms with E-state index in [0.717, 1.165) is 18.5 Å². The van der Waals surface area contributed by atoms with E-state index in [1.54, 1.807) is 6.07 Å². The van der Waals surface area contributed by atoms with Crippen molar-refractivity contribution in [1.29, 1.82) is 0 Å². The molecule has 4 rings (SSSR count). The Morgan fingerprint density at radius 3 is 2.70 bits per heavy atom. The Morgan fingerprint density at radius 1 is 1.25 bits per heavy atom. The first-order valence-corrected chi connectivity index (χ1v) is 6.63. The van der Waals surface area contributed by atoms with Gasteiger partial charge in [0, 0.05) is 24.8 Å². The fraction of sp³-hybridized carbons (Fsp3) is 0.615. The lowest BCUT2D eigenvalue weighted by molar-refractivity contribution is -0.198. The van der Waals surface area contributed by atoms with Crippen LogP contribution in [0, 0.1) is 5.41 Å². The van der Waals surface area contributed by atoms with Crippen molar-refractivity contribution in [2.24, 2.45) is 5.41 Å². The summed E-state index contributed by atoms with van der Waals surface area (Å²) in [7, 11) is 0. The summed E-state index contributed by atoms with van der Waals surface area (Å²) in [6, 6.07) is 1.74. The van der Waals surface area contributed by atoms with Crippen LogP contribution in [-0.4, -0.2) is 21.2 Å². The molecule has 0 amide bonds. The average Bonchev–Trinajstić information content (AvgIpc) is 2.94. The number of alkyl halides is 2. The summed E-state index contributed by atoms with van der Waals surface area (Å²) in [6.07, 6.45) is 3.42. The van der Waals surface area contributed by atoms with Crippen LogP contribution in [0.3, 0.4) is 0 Å². The number of rotatable bonds is 3. The predicted molar refractivity (Wildman–Crippen MR) is 62.2 cm³/mol. The molecule has 0 unspecified atom stereocenters. The largest absolute Gasteiger partial charge is 0.364 e. The van der Waals surface area contributed by atoms with Crippen LogP contribution in [0.25, 0.3) is 0 Å². The topological polar surface area (TPSA) is 65.0 Å². The smallest absolute Gasteiger partial charge is 0.249 e. The summed E-state index contributed by atoms with van der Waals surface area (Å²) in [5, 5.41) is 7.68. The van der Waals surface area contributed by atoms with E-state index in [2.05, 4.69) is 15.3 Å². The number of hydrogen-bond acceptors (Lipinski definition) is 5. The van der Waals surface area contributed by atoms with Crippen molar-refractivity contribution < 1.29 is 17.8 Å². The quantitative estimate of drug-likeness (QED) is 0.865. The zero-order valence-electron chi connectivity index (χ0n) is 10.7. The monoisotopic (exact) mass is 281 g/mol. The fourth-order valence-electron chi connectivity index (χ4n) is 3.49. The molecule has 20 heavy (non-hydrogen) atoms. The molecule has 0 saturated heterocycles. The highest BCUT2D eigenvalue weighted by Crippen LogP contribution is 2.66. The van der Waals surface area contributed by atoms with E-state index in [0.29, 0.717) is 18.1 Å². The SMILES string of the molecule is FC1(F)CC2(CC(c3nc(Cc4ccon4)no3)C2)C1. The third kappa shape index (κ3) is 1.92. The molecule has 2 aromatic heterocycles. The van der Waals surface area contributed by atoms with E-state index in [9.17, 15) is 8.78 Å². The first-order chi connectivity index (χ1) is 9.54. The molecular weight excluding hydrogens is 268 g/mol. The molecule has 7 heteroatoms. The predicted octanol–water partition coefficient (Wildman–Crippen LogP) is 2.94. The standard InChI is InChI=1S/C13H13F2N3O2/c14-13(15)6-12(7-13)4-8(5-12)11-16-10(18-20-11)3-9-1-2-19-17-9/h1-2,8H,3-7H2. The van der Waals surface area contributed by atoms with Crippen LogP contribution in [0.4, 0.5) is 8.78 Å². The van der Waals surface area contributed by atoms with Crippen molar-refractivity contribution in [3.8, 4) is 0 Å². The van der Waals surface area contributed by atoms with E-state index in [1.165, 1.54) is 6.26 Å². The average molecular weight is 281 g/mol. The Balaban J connectivity index is 1.38. The molecule has 2 aromatic rings. The van der Waals surface area contributed by atoms with Gasteiger partial charge in [-0.15, -0.1) is 0 Å². The van der Waals surface area contributed by atoms with E-state index in [4.69, 9.17) is 9.05 Å². The van der Waals surface area contributed by atoms with Gasteiger partial charge in [0.15, 0.2) is 5.82 Å². The first kappa shape index (κ1) is 12.0. The summed E-state index contributed by atoms with van der Waals surface area (Å²) >= 11 is 0. The van der Waals surface area contributed by atoms with Crippen molar-refractivity contribution in [3.63, 3.8) is 0 Å². The highest BCUT2D eigenvalue weighted by Gasteiger charge is 2.62. The molecule has 2 heterocycles. The van der Waals surface area contributed by atoms with Crippen molar-refractivity contribution in [3.05, 3.63) is 29.7 Å². The van der Waals surface area contributed by atoms with Gasteiger partial charge in [0.05, 0.1) is 12.1 Å². The molecular formula is C13H13F2N3O2. The van der Waals surface area contributed by atoms with Crippen molar-refractivity contribution in [1.82, 2.24) is 15.3 Å². The van der Waals surface area contributed by atoms with Crippen LogP contribution in [-0.2, 0) is 6.42 Å². The molecule has 2 fully saturated rings. The first-order valence-electron chi connectivity index (χ1n) is 6.63. The normalized spacial score (nSPS) is 23.5. The van der Waals surface area contributed by atoms with Crippen LogP contribution in [0.2, 0.25) is 0 Å². The summed E-state index contributed by atoms with van der Waals surface area (Å²) in [5.74, 6) is -1.22. The lowest BCUT2D eigenvalue weighted by Crippen LogP contribution is -2.52. The molecule has 0 bridgehead atoms. The molecule has 106 valence electrons. The molecule has 0 radical (unpaired) electrons. The second kappa shape index (κ2) is 3.86. The Kier molecular flexibility index (Phi) is 2.32. The molecule has 0 N–H and O–H groups in total. The highest BCUT2D eigenvalue weighted by atomic mass is 19.3. The lowest BCUT2D eigenvalue weighted by atomic mass is 9.50. The number of nitrogens with zero attached hydrogens (tertiary/aromatic N) is 3. The minimum absolute atomic E-state index is 0.0104. The Hall–Kier alpha value is -1.79. The Morgan fingerprint density at radius 2 is 2.05 bits per heavy atom. The maximum absolute atomic E-state index is 12.9. The van der Waals surface area contributed by atoms with Crippen LogP contribution < -0.4 is 0 Å². The molecule has 2 saturated carbocycles. The van der Waals surface area contributed by atoms with Gasteiger partial charge in [-0.25, -0.2) is 8.78 Å². The van der Waals surface area contributed by atoms with Crippen LogP contribution in [0.1, 0.15) is 49.0 Å². The molecule has 2 aliphatic rings. The fourth-order valence-corrected chi connectivity index (χ4v) is 3.49. The Bertz CT molecular complexity index is 607. The van der Waals surface area contributed by atoms with Crippen LogP contribution in [0.15, 0.2) is 21.4 Å². The minimum atomic E-state index is -2.46. The van der Waals surface area contributed by atoms with Gasteiger partial charge in [-0.1, -0.05) is 10.3 Å². The summed E-state index contributed by atoms with van der Waals surface area (Å²) < 4.78 is 35.8. The van der Waals surface area contributed by atoms with E-state index in [-0.39, 0.29) is 24.2 Å². The number of aromatic nitrogens is 3. The van der Waals surface area contributed by atoms with E-state index < -0.39 is 5.92 Å².